The summed E-state index contributed by atoms with van der Waals surface area (Å²) in [4.78, 5) is 0. The van der Waals surface area contributed by atoms with E-state index in [1.54, 1.807) is 0 Å². The average Bonchev–Trinajstić information content (AvgIpc) is 3.09. The molecule has 0 heterocycles. The Labute approximate surface area is 229 Å². The fraction of sp³-hybridized carbons (Fsp3) is 1.00. The summed E-state index contributed by atoms with van der Waals surface area (Å²) < 4.78 is 36.6. The van der Waals surface area contributed by atoms with Gasteiger partial charge in [-0.25, -0.2) is 8.42 Å². The first kappa shape index (κ1) is 29.3. The maximum atomic E-state index is 11.8. The van der Waals surface area contributed by atoms with E-state index >= 15 is 0 Å². The Hall–Kier alpha value is 0.790. The van der Waals surface area contributed by atoms with Crippen molar-refractivity contribution in [2.45, 2.75) is 104 Å². The van der Waals surface area contributed by atoms with E-state index in [4.69, 9.17) is 0 Å². The molecule has 0 aliphatic heterocycles. The van der Waals surface area contributed by atoms with Gasteiger partial charge in [0.15, 0.2) is 0 Å². The van der Waals surface area contributed by atoms with Gasteiger partial charge < -0.3 is 14.8 Å². The van der Waals surface area contributed by atoms with Gasteiger partial charge in [0.25, 0.3) is 0 Å². The number of hydrogen-bond donors (Lipinski definition) is 2. The summed E-state index contributed by atoms with van der Waals surface area (Å²) in [6.07, 6.45) is 9.40. The summed E-state index contributed by atoms with van der Waals surface area (Å²) in [5, 5.41) is 22.2. The second-order valence-electron chi connectivity index (χ2n) is 12.5. The second kappa shape index (κ2) is 10.9. The fourth-order valence-corrected chi connectivity index (χ4v) is 10.0. The largest absolute Gasteiger partial charge is 1.00 e. The van der Waals surface area contributed by atoms with Gasteiger partial charge >= 0.3 is 29.6 Å². The standard InChI is InChI=1S/C26H46O6S.Na/c1-5-18-22-15-17(27)10-12-26(22,4)21-11-13-25(3)19(8-9-20(25)23(21)24(18)28)16(2)7-6-14-32-33(29,30)31;/h16-24,27-28H,5-15H2,1-4H3,(H,29,30,31);/q;+1/p-1/t16-,17-,18-,19-,20?,21?,22+,23?,24-,25-,26-;/m1./s1. The van der Waals surface area contributed by atoms with Crippen LogP contribution >= 0.6 is 0 Å². The predicted octanol–water partition coefficient (Wildman–Crippen LogP) is 1.51. The molecule has 4 aliphatic rings. The number of hydrogen-bond acceptors (Lipinski definition) is 6. The number of rotatable bonds is 7. The minimum absolute atomic E-state index is 0. The van der Waals surface area contributed by atoms with Crippen LogP contribution in [0.15, 0.2) is 0 Å². The maximum Gasteiger partial charge on any atom is 1.00 e. The average molecular weight is 509 g/mol. The van der Waals surface area contributed by atoms with Crippen molar-refractivity contribution in [2.24, 2.45) is 52.3 Å². The van der Waals surface area contributed by atoms with Crippen LogP contribution in [0.1, 0.15) is 91.9 Å². The first-order chi connectivity index (χ1) is 15.4. The Morgan fingerprint density at radius 3 is 2.32 bits per heavy atom. The monoisotopic (exact) mass is 508 g/mol. The van der Waals surface area contributed by atoms with E-state index in [1.165, 1.54) is 6.42 Å². The van der Waals surface area contributed by atoms with Gasteiger partial charge in [0.1, 0.15) is 0 Å². The van der Waals surface area contributed by atoms with Crippen molar-refractivity contribution in [3.05, 3.63) is 0 Å². The topological polar surface area (TPSA) is 107 Å². The van der Waals surface area contributed by atoms with Crippen LogP contribution in [0.3, 0.4) is 0 Å². The van der Waals surface area contributed by atoms with Crippen LogP contribution < -0.4 is 29.6 Å². The SMILES string of the molecule is CC[C@H]1[C@@H](O)C2C3CC[C@H]([C@H](C)CCCOS(=O)(=O)[O-])[C@@]3(C)CCC2[C@@]2(C)CC[C@@H](O)C[C@@H]12.[Na+]. The maximum absolute atomic E-state index is 11.8. The summed E-state index contributed by atoms with van der Waals surface area (Å²) in [6.45, 7) is 9.37. The third-order valence-electron chi connectivity index (χ3n) is 11.2. The molecule has 11 atom stereocenters. The van der Waals surface area contributed by atoms with Crippen molar-refractivity contribution >= 4 is 10.4 Å². The van der Waals surface area contributed by atoms with Crippen molar-refractivity contribution in [2.75, 3.05) is 6.61 Å². The molecule has 0 bridgehead atoms. The van der Waals surface area contributed by atoms with Gasteiger partial charge in [-0.3, -0.25) is 4.18 Å². The molecule has 0 spiro atoms. The molecular weight excluding hydrogens is 463 g/mol. The molecule has 0 saturated heterocycles. The Morgan fingerprint density at radius 1 is 1.03 bits per heavy atom. The Bertz CT molecular complexity index is 807. The minimum Gasteiger partial charge on any atom is -0.726 e. The first-order valence-electron chi connectivity index (χ1n) is 13.4. The molecule has 0 aromatic rings. The van der Waals surface area contributed by atoms with Crippen molar-refractivity contribution in [3.63, 3.8) is 0 Å². The Kier molecular flexibility index (Phi) is 9.39. The summed E-state index contributed by atoms with van der Waals surface area (Å²) in [6, 6.07) is 0. The zero-order valence-electron chi connectivity index (χ0n) is 21.9. The van der Waals surface area contributed by atoms with Crippen LogP contribution in [0.4, 0.5) is 0 Å². The number of aliphatic hydroxyl groups excluding tert-OH is 2. The third kappa shape index (κ3) is 5.21. The molecule has 192 valence electrons. The zero-order valence-corrected chi connectivity index (χ0v) is 24.7. The van der Waals surface area contributed by atoms with E-state index in [0.717, 1.165) is 51.4 Å². The van der Waals surface area contributed by atoms with Crippen LogP contribution in [0, 0.1) is 52.3 Å². The van der Waals surface area contributed by atoms with Crippen molar-refractivity contribution in [3.8, 4) is 0 Å². The molecule has 4 fully saturated rings. The van der Waals surface area contributed by atoms with Gasteiger partial charge in [0.05, 0.1) is 18.8 Å². The van der Waals surface area contributed by atoms with E-state index in [2.05, 4.69) is 31.9 Å². The molecule has 4 rings (SSSR count). The Morgan fingerprint density at radius 2 is 1.68 bits per heavy atom. The van der Waals surface area contributed by atoms with Gasteiger partial charge in [-0.05, 0) is 110 Å². The molecule has 2 N–H and O–H groups in total. The smallest absolute Gasteiger partial charge is 0.726 e. The van der Waals surface area contributed by atoms with Gasteiger partial charge in [0.2, 0.25) is 10.4 Å². The van der Waals surface area contributed by atoms with E-state index in [0.29, 0.717) is 41.9 Å². The number of fused-ring (bicyclic) bond motifs is 5. The van der Waals surface area contributed by atoms with Crippen molar-refractivity contribution in [1.29, 1.82) is 0 Å². The minimum atomic E-state index is -4.61. The van der Waals surface area contributed by atoms with Crippen LogP contribution in [0.2, 0.25) is 0 Å². The molecular formula is C26H45NaO6S. The van der Waals surface area contributed by atoms with Gasteiger partial charge in [-0.2, -0.15) is 0 Å². The molecule has 0 aromatic heterocycles. The van der Waals surface area contributed by atoms with Crippen LogP contribution in [0.25, 0.3) is 0 Å². The number of aliphatic hydroxyl groups is 2. The predicted molar refractivity (Wildman–Crippen MR) is 126 cm³/mol. The Balaban J connectivity index is 0.00000324. The van der Waals surface area contributed by atoms with Gasteiger partial charge in [0, 0.05) is 0 Å². The molecule has 0 aromatic carbocycles. The quantitative estimate of drug-likeness (QED) is 0.234. The summed E-state index contributed by atoms with van der Waals surface area (Å²) in [7, 11) is -4.61. The van der Waals surface area contributed by atoms with Crippen molar-refractivity contribution < 1.29 is 56.9 Å². The first-order valence-corrected chi connectivity index (χ1v) is 14.7. The van der Waals surface area contributed by atoms with E-state index in [-0.39, 0.29) is 65.1 Å². The van der Waals surface area contributed by atoms with Gasteiger partial charge in [-0.15, -0.1) is 0 Å². The molecule has 3 unspecified atom stereocenters. The van der Waals surface area contributed by atoms with Gasteiger partial charge in [-0.1, -0.05) is 34.1 Å². The van der Waals surface area contributed by atoms with Crippen LogP contribution in [-0.4, -0.2) is 42.0 Å². The van der Waals surface area contributed by atoms with Crippen molar-refractivity contribution in [1.82, 2.24) is 0 Å². The molecule has 34 heavy (non-hydrogen) atoms. The molecule has 6 nitrogen and oxygen atoms in total. The zero-order chi connectivity index (χ0) is 24.2. The third-order valence-corrected chi connectivity index (χ3v) is 11.6. The van der Waals surface area contributed by atoms with E-state index in [1.807, 2.05) is 0 Å². The normalized spacial score (nSPS) is 47.1. The summed E-state index contributed by atoms with van der Waals surface area (Å²) in [5.74, 6) is 3.09. The van der Waals surface area contributed by atoms with Crippen LogP contribution in [-0.2, 0) is 14.6 Å². The van der Waals surface area contributed by atoms with E-state index in [9.17, 15) is 23.2 Å². The fourth-order valence-electron chi connectivity index (χ4n) is 9.70. The molecule has 0 amide bonds. The summed E-state index contributed by atoms with van der Waals surface area (Å²) in [5.41, 5.74) is 0.415. The molecule has 0 radical (unpaired) electrons. The molecule has 4 saturated carbocycles. The second-order valence-corrected chi connectivity index (χ2v) is 13.5. The summed E-state index contributed by atoms with van der Waals surface area (Å²) >= 11 is 0. The molecule has 8 heteroatoms. The van der Waals surface area contributed by atoms with E-state index < -0.39 is 10.4 Å². The molecule has 4 aliphatic carbocycles. The van der Waals surface area contributed by atoms with Crippen LogP contribution in [0.5, 0.6) is 0 Å².